The molecular weight excluding hydrogens is 294 g/mol. The summed E-state index contributed by atoms with van der Waals surface area (Å²) in [6.45, 7) is 0. The normalized spacial score (nSPS) is 10.6. The van der Waals surface area contributed by atoms with Crippen LogP contribution in [0.4, 0.5) is 17.3 Å². The van der Waals surface area contributed by atoms with Crippen molar-refractivity contribution in [1.29, 1.82) is 0 Å². The van der Waals surface area contributed by atoms with Crippen LogP contribution >= 0.6 is 11.6 Å². The highest BCUT2D eigenvalue weighted by Gasteiger charge is 2.09. The molecule has 0 saturated carbocycles. The lowest BCUT2D eigenvalue weighted by atomic mass is 10.2. The average Bonchev–Trinajstić information content (AvgIpc) is 2.47. The van der Waals surface area contributed by atoms with Gasteiger partial charge in [0.15, 0.2) is 0 Å². The summed E-state index contributed by atoms with van der Waals surface area (Å²) in [6.07, 6.45) is 2.79. The number of anilines is 3. The Kier molecular flexibility index (Phi) is 4.78. The van der Waals surface area contributed by atoms with Gasteiger partial charge in [0.05, 0.1) is 23.9 Å². The maximum atomic E-state index is 6.08. The van der Waals surface area contributed by atoms with Gasteiger partial charge in [-0.2, -0.15) is 0 Å². The van der Waals surface area contributed by atoms with Crippen molar-refractivity contribution in [2.24, 2.45) is 5.16 Å². The molecule has 0 aliphatic rings. The van der Waals surface area contributed by atoms with E-state index in [1.807, 2.05) is 0 Å². The second-order valence-corrected chi connectivity index (χ2v) is 4.32. The minimum atomic E-state index is 0.285. The van der Waals surface area contributed by atoms with Gasteiger partial charge < -0.3 is 20.6 Å². The molecule has 0 bridgehead atoms. The molecule has 0 aliphatic heterocycles. The highest BCUT2D eigenvalue weighted by Crippen LogP contribution is 2.29. The Morgan fingerprint density at radius 3 is 2.81 bits per heavy atom. The summed E-state index contributed by atoms with van der Waals surface area (Å²) in [6, 6.07) is 5.27. The van der Waals surface area contributed by atoms with Crippen molar-refractivity contribution in [1.82, 2.24) is 9.97 Å². The van der Waals surface area contributed by atoms with Crippen LogP contribution in [0.3, 0.4) is 0 Å². The lowest BCUT2D eigenvalue weighted by Gasteiger charge is -2.11. The molecule has 2 rings (SSSR count). The van der Waals surface area contributed by atoms with Gasteiger partial charge >= 0.3 is 0 Å². The third kappa shape index (κ3) is 3.51. The fourth-order valence-electron chi connectivity index (χ4n) is 1.62. The van der Waals surface area contributed by atoms with Crippen LogP contribution in [-0.2, 0) is 4.84 Å². The maximum Gasteiger partial charge on any atom is 0.144 e. The van der Waals surface area contributed by atoms with Crippen LogP contribution in [0, 0.1) is 0 Å². The Balaban J connectivity index is 2.33. The largest absolute Gasteiger partial charge is 0.495 e. The Bertz CT molecular complexity index is 663. The minimum Gasteiger partial charge on any atom is -0.495 e. The molecule has 0 radical (unpaired) electrons. The van der Waals surface area contributed by atoms with E-state index in [1.54, 1.807) is 25.3 Å². The van der Waals surface area contributed by atoms with Crippen LogP contribution < -0.4 is 15.8 Å². The standard InChI is InChI=1S/C13H14ClN5O2/c1-20-11-4-3-8(5-10(11)14)19-13-9(6-18-21-2)12(15)16-7-17-13/h3-7H,1-2H3,(H3,15,16,17,19). The maximum absolute atomic E-state index is 6.08. The number of nitrogens with two attached hydrogens (primary N) is 1. The summed E-state index contributed by atoms with van der Waals surface area (Å²) >= 11 is 6.08. The van der Waals surface area contributed by atoms with Gasteiger partial charge in [0.25, 0.3) is 0 Å². The summed E-state index contributed by atoms with van der Waals surface area (Å²) in [7, 11) is 2.99. The van der Waals surface area contributed by atoms with E-state index < -0.39 is 0 Å². The molecule has 2 aromatic rings. The third-order valence-corrected chi connectivity index (χ3v) is 2.91. The number of hydrogen-bond acceptors (Lipinski definition) is 7. The smallest absolute Gasteiger partial charge is 0.144 e. The van der Waals surface area contributed by atoms with Crippen molar-refractivity contribution in [2.75, 3.05) is 25.3 Å². The van der Waals surface area contributed by atoms with Crippen molar-refractivity contribution in [2.45, 2.75) is 0 Å². The van der Waals surface area contributed by atoms with Gasteiger partial charge in [0.1, 0.15) is 30.8 Å². The molecular formula is C13H14ClN5O2. The van der Waals surface area contributed by atoms with Gasteiger partial charge in [-0.3, -0.25) is 0 Å². The summed E-state index contributed by atoms with van der Waals surface area (Å²) in [5, 5.41) is 7.26. The van der Waals surface area contributed by atoms with Crippen LogP contribution in [0.25, 0.3) is 0 Å². The summed E-state index contributed by atoms with van der Waals surface area (Å²) in [5.41, 5.74) is 7.05. The van der Waals surface area contributed by atoms with Crippen molar-refractivity contribution in [3.8, 4) is 5.75 Å². The fourth-order valence-corrected chi connectivity index (χ4v) is 1.88. The Morgan fingerprint density at radius 2 is 2.14 bits per heavy atom. The number of rotatable bonds is 5. The predicted octanol–water partition coefficient (Wildman–Crippen LogP) is 2.44. The highest BCUT2D eigenvalue weighted by atomic mass is 35.5. The summed E-state index contributed by atoms with van der Waals surface area (Å²) in [4.78, 5) is 12.7. The van der Waals surface area contributed by atoms with E-state index in [1.165, 1.54) is 19.7 Å². The first-order chi connectivity index (χ1) is 10.2. The summed E-state index contributed by atoms with van der Waals surface area (Å²) < 4.78 is 5.10. The molecule has 0 fully saturated rings. The quantitative estimate of drug-likeness (QED) is 0.651. The van der Waals surface area contributed by atoms with E-state index in [9.17, 15) is 0 Å². The van der Waals surface area contributed by atoms with Crippen LogP contribution in [0.1, 0.15) is 5.56 Å². The number of ether oxygens (including phenoxy) is 1. The molecule has 21 heavy (non-hydrogen) atoms. The molecule has 110 valence electrons. The van der Waals surface area contributed by atoms with E-state index in [0.717, 1.165) is 5.69 Å². The number of benzene rings is 1. The SMILES string of the molecule is CON=Cc1c(N)ncnc1Nc1ccc(OC)c(Cl)c1. The van der Waals surface area contributed by atoms with Crippen molar-refractivity contribution in [3.05, 3.63) is 35.1 Å². The van der Waals surface area contributed by atoms with E-state index >= 15 is 0 Å². The molecule has 3 N–H and O–H groups in total. The zero-order chi connectivity index (χ0) is 15.2. The number of methoxy groups -OCH3 is 1. The molecule has 1 heterocycles. The first-order valence-corrected chi connectivity index (χ1v) is 6.31. The van der Waals surface area contributed by atoms with Gasteiger partial charge in [0, 0.05) is 5.69 Å². The summed E-state index contributed by atoms with van der Waals surface area (Å²) in [5.74, 6) is 1.36. The highest BCUT2D eigenvalue weighted by molar-refractivity contribution is 6.32. The lowest BCUT2D eigenvalue weighted by Crippen LogP contribution is -2.05. The molecule has 0 saturated heterocycles. The van der Waals surface area contributed by atoms with E-state index in [4.69, 9.17) is 22.1 Å². The number of hydrogen-bond donors (Lipinski definition) is 2. The van der Waals surface area contributed by atoms with Gasteiger partial charge in [-0.25, -0.2) is 9.97 Å². The molecule has 1 aromatic carbocycles. The van der Waals surface area contributed by atoms with Crippen molar-refractivity contribution in [3.63, 3.8) is 0 Å². The van der Waals surface area contributed by atoms with E-state index in [2.05, 4.69) is 25.3 Å². The zero-order valence-corrected chi connectivity index (χ0v) is 12.3. The number of nitrogens with one attached hydrogen (secondary N) is 1. The lowest BCUT2D eigenvalue weighted by molar-refractivity contribution is 0.215. The first kappa shape index (κ1) is 14.9. The van der Waals surface area contributed by atoms with Gasteiger partial charge in [-0.1, -0.05) is 16.8 Å². The van der Waals surface area contributed by atoms with Crippen LogP contribution in [0.2, 0.25) is 5.02 Å². The van der Waals surface area contributed by atoms with Crippen molar-refractivity contribution < 1.29 is 9.57 Å². The van der Waals surface area contributed by atoms with E-state index in [0.29, 0.717) is 22.2 Å². The van der Waals surface area contributed by atoms with Crippen molar-refractivity contribution >= 4 is 35.1 Å². The molecule has 7 nitrogen and oxygen atoms in total. The number of nitrogens with zero attached hydrogens (tertiary/aromatic N) is 3. The fraction of sp³-hybridized carbons (Fsp3) is 0.154. The molecule has 0 spiro atoms. The van der Waals surface area contributed by atoms with Gasteiger partial charge in [-0.15, -0.1) is 0 Å². The molecule has 0 unspecified atom stereocenters. The Morgan fingerprint density at radius 1 is 1.33 bits per heavy atom. The predicted molar refractivity (Wildman–Crippen MR) is 82.3 cm³/mol. The second kappa shape index (κ2) is 6.76. The number of halogens is 1. The topological polar surface area (TPSA) is 94.7 Å². The Labute approximate surface area is 126 Å². The number of oxime groups is 1. The number of aromatic nitrogens is 2. The van der Waals surface area contributed by atoms with E-state index in [-0.39, 0.29) is 5.82 Å². The molecule has 0 amide bonds. The first-order valence-electron chi connectivity index (χ1n) is 5.93. The van der Waals surface area contributed by atoms with Crippen LogP contribution in [-0.4, -0.2) is 30.4 Å². The number of nitrogen functional groups attached to an aromatic ring is 1. The molecule has 8 heteroatoms. The second-order valence-electron chi connectivity index (χ2n) is 3.91. The Hall–Kier alpha value is -2.54. The van der Waals surface area contributed by atoms with Gasteiger partial charge in [0.2, 0.25) is 0 Å². The molecule has 1 aromatic heterocycles. The monoisotopic (exact) mass is 307 g/mol. The van der Waals surface area contributed by atoms with Gasteiger partial charge in [-0.05, 0) is 18.2 Å². The minimum absolute atomic E-state index is 0.285. The van der Waals surface area contributed by atoms with Crippen LogP contribution in [0.15, 0.2) is 29.7 Å². The van der Waals surface area contributed by atoms with Crippen LogP contribution in [0.5, 0.6) is 5.75 Å². The zero-order valence-electron chi connectivity index (χ0n) is 11.5. The average molecular weight is 308 g/mol. The third-order valence-electron chi connectivity index (χ3n) is 2.62. The molecule has 0 aliphatic carbocycles. The molecule has 0 atom stereocenters.